The Balaban J connectivity index is 2.00. The van der Waals surface area contributed by atoms with Crippen LogP contribution in [0.25, 0.3) is 10.9 Å². The second-order valence-electron chi connectivity index (χ2n) is 4.72. The van der Waals surface area contributed by atoms with Gasteiger partial charge in [0.15, 0.2) is 0 Å². The third-order valence-corrected chi connectivity index (χ3v) is 3.49. The maximum Gasteiger partial charge on any atom is 0.270 e. The lowest BCUT2D eigenvalue weighted by Crippen LogP contribution is -2.27. The zero-order valence-electron chi connectivity index (χ0n) is 9.99. The quantitative estimate of drug-likeness (QED) is 0.800. The number of hydrogen-bond acceptors (Lipinski definition) is 1. The van der Waals surface area contributed by atoms with E-state index in [4.69, 9.17) is 0 Å². The zero-order valence-corrected chi connectivity index (χ0v) is 9.99. The van der Waals surface area contributed by atoms with E-state index < -0.39 is 0 Å². The second kappa shape index (κ2) is 3.91. The number of likely N-dealkylation sites (tertiary alicyclic amines) is 1. The van der Waals surface area contributed by atoms with Gasteiger partial charge in [-0.15, -0.1) is 0 Å². The molecule has 3 nitrogen and oxygen atoms in total. The normalized spacial score (nSPS) is 15.7. The number of rotatable bonds is 1. The van der Waals surface area contributed by atoms with Gasteiger partial charge in [-0.1, -0.05) is 18.2 Å². The molecule has 0 unspecified atom stereocenters. The minimum absolute atomic E-state index is 0.137. The Kier molecular flexibility index (Phi) is 2.39. The van der Waals surface area contributed by atoms with E-state index in [2.05, 4.69) is 18.0 Å². The van der Waals surface area contributed by atoms with Crippen molar-refractivity contribution in [2.24, 2.45) is 0 Å². The first kappa shape index (κ1) is 10.4. The third-order valence-electron chi connectivity index (χ3n) is 3.49. The first-order valence-corrected chi connectivity index (χ1v) is 6.13. The number of aromatic nitrogens is 1. The van der Waals surface area contributed by atoms with Crippen LogP contribution < -0.4 is 0 Å². The van der Waals surface area contributed by atoms with Crippen molar-refractivity contribution in [3.8, 4) is 0 Å². The average molecular weight is 228 g/mol. The molecule has 88 valence electrons. The van der Waals surface area contributed by atoms with Gasteiger partial charge in [-0.05, 0) is 31.4 Å². The Morgan fingerprint density at radius 1 is 1.29 bits per heavy atom. The van der Waals surface area contributed by atoms with Gasteiger partial charge >= 0.3 is 0 Å². The molecule has 0 bridgehead atoms. The van der Waals surface area contributed by atoms with E-state index in [1.165, 1.54) is 5.56 Å². The van der Waals surface area contributed by atoms with Gasteiger partial charge in [0, 0.05) is 24.0 Å². The smallest absolute Gasteiger partial charge is 0.270 e. The van der Waals surface area contributed by atoms with Gasteiger partial charge in [0.25, 0.3) is 5.91 Å². The van der Waals surface area contributed by atoms with Crippen LogP contribution in [0.3, 0.4) is 0 Å². The highest BCUT2D eigenvalue weighted by Crippen LogP contribution is 2.20. The molecule has 17 heavy (non-hydrogen) atoms. The molecule has 1 amide bonds. The van der Waals surface area contributed by atoms with E-state index in [9.17, 15) is 4.79 Å². The van der Waals surface area contributed by atoms with Crippen LogP contribution in [0.2, 0.25) is 0 Å². The summed E-state index contributed by atoms with van der Waals surface area (Å²) in [6.07, 6.45) is 2.26. The SMILES string of the molecule is Cc1cccc2cc(C(=O)N3CCCC3)[nH]c12. The summed E-state index contributed by atoms with van der Waals surface area (Å²) in [4.78, 5) is 17.4. The number of hydrogen-bond donors (Lipinski definition) is 1. The van der Waals surface area contributed by atoms with E-state index in [0.717, 1.165) is 42.5 Å². The minimum Gasteiger partial charge on any atom is -0.350 e. The van der Waals surface area contributed by atoms with Crippen LogP contribution in [0.5, 0.6) is 0 Å². The lowest BCUT2D eigenvalue weighted by molar-refractivity contribution is 0.0788. The zero-order chi connectivity index (χ0) is 11.8. The highest BCUT2D eigenvalue weighted by atomic mass is 16.2. The van der Waals surface area contributed by atoms with Gasteiger partial charge in [0.2, 0.25) is 0 Å². The van der Waals surface area contributed by atoms with Crippen molar-refractivity contribution >= 4 is 16.8 Å². The van der Waals surface area contributed by atoms with Crippen molar-refractivity contribution in [1.29, 1.82) is 0 Å². The fraction of sp³-hybridized carbons (Fsp3) is 0.357. The number of benzene rings is 1. The van der Waals surface area contributed by atoms with Crippen LogP contribution in [-0.4, -0.2) is 28.9 Å². The predicted molar refractivity (Wildman–Crippen MR) is 68.2 cm³/mol. The highest BCUT2D eigenvalue weighted by Gasteiger charge is 2.20. The molecule has 0 atom stereocenters. The monoisotopic (exact) mass is 228 g/mol. The van der Waals surface area contributed by atoms with E-state index in [1.807, 2.05) is 23.1 Å². The third kappa shape index (κ3) is 1.71. The Labute approximate surface area is 100 Å². The number of carbonyl (C=O) groups excluding carboxylic acids is 1. The summed E-state index contributed by atoms with van der Waals surface area (Å²) in [6, 6.07) is 8.08. The van der Waals surface area contributed by atoms with Crippen LogP contribution in [0.4, 0.5) is 0 Å². The number of aryl methyl sites for hydroxylation is 1. The van der Waals surface area contributed by atoms with Gasteiger partial charge in [-0.3, -0.25) is 4.79 Å². The number of amides is 1. The van der Waals surface area contributed by atoms with Crippen molar-refractivity contribution < 1.29 is 4.79 Å². The van der Waals surface area contributed by atoms with Gasteiger partial charge < -0.3 is 9.88 Å². The maximum atomic E-state index is 12.2. The summed E-state index contributed by atoms with van der Waals surface area (Å²) in [7, 11) is 0. The molecule has 0 aliphatic carbocycles. The lowest BCUT2D eigenvalue weighted by atomic mass is 10.2. The first-order valence-electron chi connectivity index (χ1n) is 6.13. The van der Waals surface area contributed by atoms with E-state index >= 15 is 0 Å². The molecule has 1 saturated heterocycles. The fourth-order valence-corrected chi connectivity index (χ4v) is 2.51. The predicted octanol–water partition coefficient (Wildman–Crippen LogP) is 2.71. The number of H-pyrrole nitrogens is 1. The van der Waals surface area contributed by atoms with Crippen molar-refractivity contribution in [3.05, 3.63) is 35.5 Å². The van der Waals surface area contributed by atoms with Crippen LogP contribution in [-0.2, 0) is 0 Å². The Morgan fingerprint density at radius 3 is 2.76 bits per heavy atom. The van der Waals surface area contributed by atoms with Crippen LogP contribution >= 0.6 is 0 Å². The number of para-hydroxylation sites is 1. The molecule has 1 aromatic carbocycles. The van der Waals surface area contributed by atoms with Crippen LogP contribution in [0.15, 0.2) is 24.3 Å². The van der Waals surface area contributed by atoms with Crippen molar-refractivity contribution in [3.63, 3.8) is 0 Å². The first-order chi connectivity index (χ1) is 8.25. The van der Waals surface area contributed by atoms with Crippen LogP contribution in [0, 0.1) is 6.92 Å². The van der Waals surface area contributed by atoms with Crippen molar-refractivity contribution in [2.75, 3.05) is 13.1 Å². The summed E-state index contributed by atoms with van der Waals surface area (Å²) in [5.74, 6) is 0.137. The molecule has 3 rings (SSSR count). The maximum absolute atomic E-state index is 12.2. The molecule has 0 radical (unpaired) electrons. The molecule has 0 saturated carbocycles. The molecule has 1 N–H and O–H groups in total. The summed E-state index contributed by atoms with van der Waals surface area (Å²) >= 11 is 0. The van der Waals surface area contributed by atoms with E-state index in [-0.39, 0.29) is 5.91 Å². The van der Waals surface area contributed by atoms with E-state index in [1.54, 1.807) is 0 Å². The molecule has 0 spiro atoms. The topological polar surface area (TPSA) is 36.1 Å². The van der Waals surface area contributed by atoms with Gasteiger partial charge in [0.1, 0.15) is 5.69 Å². The standard InChI is InChI=1S/C14H16N2O/c1-10-5-4-6-11-9-12(15-13(10)11)14(17)16-7-2-3-8-16/h4-6,9,15H,2-3,7-8H2,1H3. The number of carbonyl (C=O) groups is 1. The summed E-state index contributed by atoms with van der Waals surface area (Å²) < 4.78 is 0. The fourth-order valence-electron chi connectivity index (χ4n) is 2.51. The second-order valence-corrected chi connectivity index (χ2v) is 4.72. The van der Waals surface area contributed by atoms with Gasteiger partial charge in [-0.25, -0.2) is 0 Å². The molecule has 3 heteroatoms. The van der Waals surface area contributed by atoms with Crippen LogP contribution in [0.1, 0.15) is 28.9 Å². The number of nitrogens with one attached hydrogen (secondary N) is 1. The van der Waals surface area contributed by atoms with Crippen molar-refractivity contribution in [1.82, 2.24) is 9.88 Å². The number of fused-ring (bicyclic) bond motifs is 1. The summed E-state index contributed by atoms with van der Waals surface area (Å²) in [5, 5.41) is 1.12. The summed E-state index contributed by atoms with van der Waals surface area (Å²) in [5.41, 5.74) is 2.98. The number of nitrogens with zero attached hydrogens (tertiary/aromatic N) is 1. The van der Waals surface area contributed by atoms with Crippen molar-refractivity contribution in [2.45, 2.75) is 19.8 Å². The van der Waals surface area contributed by atoms with Gasteiger partial charge in [-0.2, -0.15) is 0 Å². The Hall–Kier alpha value is -1.77. The summed E-state index contributed by atoms with van der Waals surface area (Å²) in [6.45, 7) is 3.85. The largest absolute Gasteiger partial charge is 0.350 e. The molecule has 2 heterocycles. The number of aromatic amines is 1. The lowest BCUT2D eigenvalue weighted by Gasteiger charge is -2.13. The molecule has 1 fully saturated rings. The molecule has 2 aromatic rings. The molecule has 1 aliphatic rings. The molecular weight excluding hydrogens is 212 g/mol. The Morgan fingerprint density at radius 2 is 2.06 bits per heavy atom. The molecular formula is C14H16N2O. The average Bonchev–Trinajstić information content (AvgIpc) is 2.98. The highest BCUT2D eigenvalue weighted by molar-refractivity contribution is 5.98. The molecule has 1 aromatic heterocycles. The molecule has 1 aliphatic heterocycles. The van der Waals surface area contributed by atoms with Gasteiger partial charge in [0.05, 0.1) is 0 Å². The minimum atomic E-state index is 0.137. The Bertz CT molecular complexity index is 565. The van der Waals surface area contributed by atoms with E-state index in [0.29, 0.717) is 0 Å².